The van der Waals surface area contributed by atoms with Gasteiger partial charge in [-0.1, -0.05) is 0 Å². The highest BCUT2D eigenvalue weighted by Gasteiger charge is 2.21. The van der Waals surface area contributed by atoms with Crippen LogP contribution in [-0.4, -0.2) is 21.4 Å². The van der Waals surface area contributed by atoms with Crippen LogP contribution < -0.4 is 10.6 Å². The van der Waals surface area contributed by atoms with Gasteiger partial charge in [-0.25, -0.2) is 4.98 Å². The van der Waals surface area contributed by atoms with Gasteiger partial charge in [-0.15, -0.1) is 11.3 Å². The normalized spacial score (nSPS) is 10.4. The summed E-state index contributed by atoms with van der Waals surface area (Å²) in [5.41, 5.74) is 0.244. The first kappa shape index (κ1) is 15.6. The number of thiophene rings is 1. The second kappa shape index (κ2) is 6.81. The van der Waals surface area contributed by atoms with Crippen molar-refractivity contribution in [1.29, 1.82) is 0 Å². The number of aryl methyl sites for hydroxylation is 1. The van der Waals surface area contributed by atoms with Crippen molar-refractivity contribution in [2.75, 3.05) is 17.2 Å². The molecule has 2 aromatic heterocycles. The minimum absolute atomic E-state index is 0.0905. The van der Waals surface area contributed by atoms with Gasteiger partial charge in [0, 0.05) is 11.4 Å². The van der Waals surface area contributed by atoms with Crippen molar-refractivity contribution in [3.63, 3.8) is 0 Å². The van der Waals surface area contributed by atoms with Crippen LogP contribution in [0.2, 0.25) is 0 Å². The molecule has 0 amide bonds. The molecule has 0 aromatic carbocycles. The average Bonchev–Trinajstić information content (AvgIpc) is 2.81. The predicted molar refractivity (Wildman–Crippen MR) is 86.9 cm³/mol. The Morgan fingerprint density at radius 2 is 2.14 bits per heavy atom. The molecule has 2 rings (SSSR count). The number of halogens is 1. The van der Waals surface area contributed by atoms with Crippen LogP contribution in [0.25, 0.3) is 0 Å². The van der Waals surface area contributed by atoms with Gasteiger partial charge in [0.2, 0.25) is 11.8 Å². The second-order valence-corrected chi connectivity index (χ2v) is 6.72. The molecular weight excluding hydrogens is 358 g/mol. The lowest BCUT2D eigenvalue weighted by molar-refractivity contribution is -0.385. The van der Waals surface area contributed by atoms with Gasteiger partial charge in [0.15, 0.2) is 0 Å². The van der Waals surface area contributed by atoms with Crippen molar-refractivity contribution >= 4 is 44.7 Å². The van der Waals surface area contributed by atoms with E-state index in [2.05, 4.69) is 36.5 Å². The number of nitrogens with zero attached hydrogens (tertiary/aromatic N) is 3. The van der Waals surface area contributed by atoms with E-state index in [-0.39, 0.29) is 11.5 Å². The van der Waals surface area contributed by atoms with Crippen molar-refractivity contribution in [1.82, 2.24) is 9.97 Å². The number of hydrogen-bond acceptors (Lipinski definition) is 7. The fraction of sp³-hybridized carbons (Fsp3) is 0.333. The highest BCUT2D eigenvalue weighted by molar-refractivity contribution is 9.11. The first-order valence-electron chi connectivity index (χ1n) is 6.26. The first-order valence-corrected chi connectivity index (χ1v) is 7.87. The summed E-state index contributed by atoms with van der Waals surface area (Å²) in [6, 6.07) is 3.89. The Morgan fingerprint density at radius 3 is 2.71 bits per heavy atom. The Morgan fingerprint density at radius 1 is 1.38 bits per heavy atom. The Bertz CT molecular complexity index is 661. The fourth-order valence-electron chi connectivity index (χ4n) is 1.76. The summed E-state index contributed by atoms with van der Waals surface area (Å²) in [7, 11) is 0. The van der Waals surface area contributed by atoms with Crippen LogP contribution in [0.1, 0.15) is 17.5 Å². The third-order valence-corrected chi connectivity index (χ3v) is 4.26. The first-order chi connectivity index (χ1) is 10.0. The number of hydrogen-bond donors (Lipinski definition) is 2. The van der Waals surface area contributed by atoms with E-state index >= 15 is 0 Å². The van der Waals surface area contributed by atoms with Crippen molar-refractivity contribution in [2.45, 2.75) is 20.4 Å². The van der Waals surface area contributed by atoms with E-state index in [0.29, 0.717) is 24.7 Å². The molecule has 7 nitrogen and oxygen atoms in total. The molecule has 0 radical (unpaired) electrons. The van der Waals surface area contributed by atoms with Gasteiger partial charge in [-0.05, 0) is 41.9 Å². The lowest BCUT2D eigenvalue weighted by atomic mass is 10.3. The van der Waals surface area contributed by atoms with Gasteiger partial charge in [-0.2, -0.15) is 4.98 Å². The third-order valence-electron chi connectivity index (χ3n) is 2.63. The number of anilines is 2. The zero-order valence-electron chi connectivity index (χ0n) is 11.5. The molecule has 0 aliphatic rings. The summed E-state index contributed by atoms with van der Waals surface area (Å²) in [4.78, 5) is 20.1. The molecule has 0 saturated heterocycles. The van der Waals surface area contributed by atoms with E-state index < -0.39 is 4.92 Å². The molecule has 9 heteroatoms. The average molecular weight is 372 g/mol. The lowest BCUT2D eigenvalue weighted by Crippen LogP contribution is -2.10. The van der Waals surface area contributed by atoms with Gasteiger partial charge >= 0.3 is 5.69 Å². The van der Waals surface area contributed by atoms with Crippen LogP contribution >= 0.6 is 27.3 Å². The van der Waals surface area contributed by atoms with Crippen molar-refractivity contribution in [2.24, 2.45) is 0 Å². The Labute approximate surface area is 134 Å². The van der Waals surface area contributed by atoms with Gasteiger partial charge in [0.05, 0.1) is 15.3 Å². The summed E-state index contributed by atoms with van der Waals surface area (Å²) < 4.78 is 1.01. The molecule has 2 aromatic rings. The molecule has 0 fully saturated rings. The molecule has 0 unspecified atom stereocenters. The van der Waals surface area contributed by atoms with E-state index in [4.69, 9.17) is 0 Å². The van der Waals surface area contributed by atoms with Crippen LogP contribution in [0.5, 0.6) is 0 Å². The van der Waals surface area contributed by atoms with Crippen LogP contribution in [-0.2, 0) is 6.54 Å². The summed E-state index contributed by atoms with van der Waals surface area (Å²) in [5, 5.41) is 17.2. The molecule has 0 aliphatic carbocycles. The molecule has 0 saturated carbocycles. The monoisotopic (exact) mass is 371 g/mol. The van der Waals surface area contributed by atoms with Gasteiger partial charge in [0.1, 0.15) is 5.69 Å². The van der Waals surface area contributed by atoms with Gasteiger partial charge in [0.25, 0.3) is 0 Å². The maximum atomic E-state index is 11.2. The molecule has 2 N–H and O–H groups in total. The molecule has 2 heterocycles. The van der Waals surface area contributed by atoms with Crippen molar-refractivity contribution in [3.8, 4) is 0 Å². The number of nitrogens with one attached hydrogen (secondary N) is 2. The third kappa shape index (κ3) is 3.88. The summed E-state index contributed by atoms with van der Waals surface area (Å²) in [5.74, 6) is 0.614. The van der Waals surface area contributed by atoms with Crippen LogP contribution in [0.3, 0.4) is 0 Å². The van der Waals surface area contributed by atoms with Crippen molar-refractivity contribution < 1.29 is 4.92 Å². The minimum Gasteiger partial charge on any atom is -0.359 e. The number of nitro groups is 1. The molecule has 0 aliphatic heterocycles. The van der Waals surface area contributed by atoms with Crippen LogP contribution in [0, 0.1) is 17.0 Å². The Hall–Kier alpha value is -1.74. The fourth-order valence-corrected chi connectivity index (χ4v) is 3.19. The zero-order valence-corrected chi connectivity index (χ0v) is 13.9. The van der Waals surface area contributed by atoms with Crippen LogP contribution in [0.15, 0.2) is 15.9 Å². The quantitative estimate of drug-likeness (QED) is 0.595. The minimum atomic E-state index is -0.461. The van der Waals surface area contributed by atoms with E-state index in [1.165, 1.54) is 0 Å². The zero-order chi connectivity index (χ0) is 15.4. The number of aromatic nitrogens is 2. The summed E-state index contributed by atoms with van der Waals surface area (Å²) in [6.07, 6.45) is 0. The van der Waals surface area contributed by atoms with Crippen LogP contribution in [0.4, 0.5) is 17.5 Å². The highest BCUT2D eigenvalue weighted by atomic mass is 79.9. The summed E-state index contributed by atoms with van der Waals surface area (Å²) in [6.45, 7) is 4.64. The van der Waals surface area contributed by atoms with E-state index in [1.807, 2.05) is 19.1 Å². The van der Waals surface area contributed by atoms with E-state index in [0.717, 1.165) is 8.66 Å². The molecule has 0 spiro atoms. The SMILES string of the molecule is CCNc1nc(C)c([N+](=O)[O-])c(NCc2ccc(Br)s2)n1. The maximum Gasteiger partial charge on any atom is 0.332 e. The van der Waals surface area contributed by atoms with E-state index in [1.54, 1.807) is 18.3 Å². The maximum absolute atomic E-state index is 11.2. The molecular formula is C12H14BrN5O2S. The highest BCUT2D eigenvalue weighted by Crippen LogP contribution is 2.28. The number of rotatable bonds is 6. The Kier molecular flexibility index (Phi) is 5.07. The second-order valence-electron chi connectivity index (χ2n) is 4.18. The predicted octanol–water partition coefficient (Wildman–Crippen LogP) is 3.56. The van der Waals surface area contributed by atoms with Gasteiger partial charge < -0.3 is 10.6 Å². The largest absolute Gasteiger partial charge is 0.359 e. The molecule has 21 heavy (non-hydrogen) atoms. The Balaban J connectivity index is 2.28. The lowest BCUT2D eigenvalue weighted by Gasteiger charge is -2.09. The topological polar surface area (TPSA) is 93.0 Å². The smallest absolute Gasteiger partial charge is 0.332 e. The van der Waals surface area contributed by atoms with Crippen molar-refractivity contribution in [3.05, 3.63) is 36.6 Å². The molecule has 0 atom stereocenters. The van der Waals surface area contributed by atoms with Gasteiger partial charge in [-0.3, -0.25) is 10.1 Å². The molecule has 112 valence electrons. The van der Waals surface area contributed by atoms with E-state index in [9.17, 15) is 10.1 Å². The molecule has 0 bridgehead atoms. The standard InChI is InChI=1S/C12H14BrN5O2S/c1-3-14-12-16-7(2)10(18(19)20)11(17-12)15-6-8-4-5-9(13)21-8/h4-5H,3,6H2,1-2H3,(H2,14,15,16,17). The summed E-state index contributed by atoms with van der Waals surface area (Å²) >= 11 is 4.95.